The normalized spacial score (nSPS) is 15.0. The summed E-state index contributed by atoms with van der Waals surface area (Å²) in [7, 11) is 0. The van der Waals surface area contributed by atoms with E-state index in [-0.39, 0.29) is 0 Å². The van der Waals surface area contributed by atoms with Gasteiger partial charge in [0.05, 0.1) is 0 Å². The lowest BCUT2D eigenvalue weighted by molar-refractivity contribution is 1.01. The van der Waals surface area contributed by atoms with Crippen LogP contribution in [0.4, 0.5) is 0 Å². The van der Waals surface area contributed by atoms with Gasteiger partial charge in [-0.05, 0) is 38.3 Å². The van der Waals surface area contributed by atoms with Crippen molar-refractivity contribution in [1.29, 1.82) is 0 Å². The summed E-state index contributed by atoms with van der Waals surface area (Å²) < 4.78 is 0.404. The SMILES string of the molecule is C=C/C=C(\C=C/C)C(I)CC(/C=C\C)=C(/C)Cl.CC. The van der Waals surface area contributed by atoms with Gasteiger partial charge in [-0.15, -0.1) is 0 Å². The fourth-order valence-corrected chi connectivity index (χ4v) is 2.46. The van der Waals surface area contributed by atoms with Crippen molar-refractivity contribution in [3.63, 3.8) is 0 Å². The summed E-state index contributed by atoms with van der Waals surface area (Å²) in [6.45, 7) is 13.7. The van der Waals surface area contributed by atoms with E-state index in [0.29, 0.717) is 3.92 Å². The van der Waals surface area contributed by atoms with Gasteiger partial charge >= 0.3 is 0 Å². The van der Waals surface area contributed by atoms with Crippen molar-refractivity contribution in [3.05, 3.63) is 59.2 Å². The van der Waals surface area contributed by atoms with Crippen LogP contribution in [-0.2, 0) is 0 Å². The molecule has 0 nitrogen and oxygen atoms in total. The Morgan fingerprint density at radius 1 is 1.21 bits per heavy atom. The molecule has 0 aromatic heterocycles. The van der Waals surface area contributed by atoms with Gasteiger partial charge in [0.1, 0.15) is 0 Å². The maximum atomic E-state index is 6.09. The molecule has 0 aliphatic carbocycles. The standard InChI is InChI=1S/C15H20ClI.C2H6/c1-5-8-13(9-6-2)15(17)11-14(10-7-3)12(4)16;1-2/h5-10,15H,1,11H2,2-4H3;1-2H3/b9-6-,10-7-,13-8+,14-12-;. The Bertz CT molecular complexity index is 355. The van der Waals surface area contributed by atoms with Crippen LogP contribution in [0.3, 0.4) is 0 Å². The Morgan fingerprint density at radius 3 is 2.11 bits per heavy atom. The molecular weight excluding hydrogens is 367 g/mol. The molecule has 0 aromatic carbocycles. The van der Waals surface area contributed by atoms with Crippen molar-refractivity contribution in [2.45, 2.75) is 45.0 Å². The van der Waals surface area contributed by atoms with E-state index in [1.54, 1.807) is 0 Å². The minimum Gasteiger partial charge on any atom is -0.0991 e. The van der Waals surface area contributed by atoms with E-state index in [1.807, 2.05) is 58.9 Å². The number of alkyl halides is 1. The van der Waals surface area contributed by atoms with Gasteiger partial charge < -0.3 is 0 Å². The van der Waals surface area contributed by atoms with Crippen LogP contribution in [0.25, 0.3) is 0 Å². The highest BCUT2D eigenvalue weighted by atomic mass is 127. The van der Waals surface area contributed by atoms with Crippen molar-refractivity contribution in [2.24, 2.45) is 0 Å². The molecule has 0 aliphatic heterocycles. The zero-order chi connectivity index (χ0) is 15.3. The average Bonchev–Trinajstić information content (AvgIpc) is 2.40. The molecule has 2 heteroatoms. The molecule has 0 saturated carbocycles. The summed E-state index contributed by atoms with van der Waals surface area (Å²) in [6, 6.07) is 0. The molecule has 0 N–H and O–H groups in total. The van der Waals surface area contributed by atoms with Gasteiger partial charge in [0, 0.05) is 8.96 Å². The average molecular weight is 393 g/mol. The molecule has 0 saturated heterocycles. The van der Waals surface area contributed by atoms with Crippen molar-refractivity contribution < 1.29 is 0 Å². The number of hydrogen-bond donors (Lipinski definition) is 0. The zero-order valence-corrected chi connectivity index (χ0v) is 15.6. The van der Waals surface area contributed by atoms with Crippen LogP contribution in [0, 0.1) is 0 Å². The Kier molecular flexibility index (Phi) is 15.6. The predicted molar refractivity (Wildman–Crippen MR) is 100 cm³/mol. The third-order valence-corrected chi connectivity index (χ3v) is 3.64. The van der Waals surface area contributed by atoms with Crippen LogP contribution in [0.1, 0.15) is 41.0 Å². The number of allylic oxidation sites excluding steroid dienone is 9. The van der Waals surface area contributed by atoms with Gasteiger partial charge in [-0.2, -0.15) is 0 Å². The number of rotatable bonds is 6. The van der Waals surface area contributed by atoms with E-state index in [1.165, 1.54) is 11.1 Å². The highest BCUT2D eigenvalue weighted by Crippen LogP contribution is 2.26. The van der Waals surface area contributed by atoms with Gasteiger partial charge in [-0.25, -0.2) is 0 Å². The van der Waals surface area contributed by atoms with E-state index in [0.717, 1.165) is 11.5 Å². The fourth-order valence-electron chi connectivity index (χ4n) is 1.43. The van der Waals surface area contributed by atoms with Crippen LogP contribution in [0.2, 0.25) is 0 Å². The molecule has 108 valence electrons. The first-order chi connectivity index (χ1) is 9.06. The second-order valence-corrected chi connectivity index (χ2v) is 5.70. The molecule has 0 aliphatic rings. The van der Waals surface area contributed by atoms with Crippen molar-refractivity contribution >= 4 is 34.2 Å². The van der Waals surface area contributed by atoms with Gasteiger partial charge in [-0.3, -0.25) is 0 Å². The van der Waals surface area contributed by atoms with Crippen molar-refractivity contribution in [3.8, 4) is 0 Å². The Labute approximate surface area is 138 Å². The molecule has 1 unspecified atom stereocenters. The summed E-state index contributed by atoms with van der Waals surface area (Å²) >= 11 is 8.54. The highest BCUT2D eigenvalue weighted by Gasteiger charge is 2.10. The molecular formula is C17H26ClI. The van der Waals surface area contributed by atoms with Gasteiger partial charge in [-0.1, -0.05) is 91.1 Å². The molecule has 0 rings (SSSR count). The Balaban J connectivity index is 0. The molecule has 0 amide bonds. The first kappa shape index (κ1) is 21.0. The summed E-state index contributed by atoms with van der Waals surface area (Å²) in [5.41, 5.74) is 2.45. The summed E-state index contributed by atoms with van der Waals surface area (Å²) in [5.74, 6) is 0. The lowest BCUT2D eigenvalue weighted by atomic mass is 10.0. The molecule has 0 spiro atoms. The van der Waals surface area contributed by atoms with Gasteiger partial charge in [0.2, 0.25) is 0 Å². The maximum Gasteiger partial charge on any atom is 0.0400 e. The second kappa shape index (κ2) is 14.1. The molecule has 1 atom stereocenters. The minimum absolute atomic E-state index is 0.404. The Hall–Kier alpha value is -0.280. The lowest BCUT2D eigenvalue weighted by Crippen LogP contribution is -2.02. The number of hydrogen-bond acceptors (Lipinski definition) is 0. The summed E-state index contributed by atoms with van der Waals surface area (Å²) in [6.07, 6.45) is 13.1. The predicted octanol–water partition coefficient (Wildman–Crippen LogP) is 6.98. The first-order valence-electron chi connectivity index (χ1n) is 6.64. The largest absolute Gasteiger partial charge is 0.0991 e. The second-order valence-electron chi connectivity index (χ2n) is 3.63. The van der Waals surface area contributed by atoms with E-state index in [9.17, 15) is 0 Å². The van der Waals surface area contributed by atoms with Crippen LogP contribution in [0.5, 0.6) is 0 Å². The summed E-state index contributed by atoms with van der Waals surface area (Å²) in [4.78, 5) is 0. The van der Waals surface area contributed by atoms with Gasteiger partial charge in [0.25, 0.3) is 0 Å². The maximum absolute atomic E-state index is 6.09. The zero-order valence-electron chi connectivity index (χ0n) is 12.7. The monoisotopic (exact) mass is 392 g/mol. The third-order valence-electron chi connectivity index (χ3n) is 2.24. The fraction of sp³-hybridized carbons (Fsp3) is 0.412. The van der Waals surface area contributed by atoms with Crippen LogP contribution >= 0.6 is 34.2 Å². The van der Waals surface area contributed by atoms with Crippen LogP contribution < -0.4 is 0 Å². The first-order valence-corrected chi connectivity index (χ1v) is 8.26. The molecule has 0 aromatic rings. The molecule has 0 radical (unpaired) electrons. The smallest absolute Gasteiger partial charge is 0.0400 e. The minimum atomic E-state index is 0.404. The number of halogens is 2. The highest BCUT2D eigenvalue weighted by molar-refractivity contribution is 14.1. The lowest BCUT2D eigenvalue weighted by Gasteiger charge is -2.12. The molecule has 0 heterocycles. The van der Waals surface area contributed by atoms with Crippen molar-refractivity contribution in [2.75, 3.05) is 0 Å². The van der Waals surface area contributed by atoms with Crippen molar-refractivity contribution in [1.82, 2.24) is 0 Å². The summed E-state index contributed by atoms with van der Waals surface area (Å²) in [5, 5.41) is 0.864. The van der Waals surface area contributed by atoms with E-state index < -0.39 is 0 Å². The van der Waals surface area contributed by atoms with E-state index >= 15 is 0 Å². The van der Waals surface area contributed by atoms with Crippen LogP contribution in [0.15, 0.2) is 59.2 Å². The van der Waals surface area contributed by atoms with Crippen LogP contribution in [-0.4, -0.2) is 3.92 Å². The van der Waals surface area contributed by atoms with E-state index in [4.69, 9.17) is 11.6 Å². The molecule has 0 fully saturated rings. The van der Waals surface area contributed by atoms with Gasteiger partial charge in [0.15, 0.2) is 0 Å². The quantitative estimate of drug-likeness (QED) is 0.260. The topological polar surface area (TPSA) is 0 Å². The van der Waals surface area contributed by atoms with E-state index in [2.05, 4.69) is 41.3 Å². The third kappa shape index (κ3) is 10.2. The molecule has 19 heavy (non-hydrogen) atoms. The Morgan fingerprint density at radius 2 is 1.74 bits per heavy atom. The molecule has 0 bridgehead atoms.